The van der Waals surface area contributed by atoms with Gasteiger partial charge >= 0.3 is 0 Å². The van der Waals surface area contributed by atoms with Gasteiger partial charge in [-0.25, -0.2) is 0 Å². The molecule has 1 aliphatic heterocycles. The number of hydrogen-bond acceptors (Lipinski definition) is 3. The number of amides is 1. The molecule has 1 aliphatic carbocycles. The van der Waals surface area contributed by atoms with Crippen molar-refractivity contribution in [1.29, 1.82) is 0 Å². The molecule has 1 amide bonds. The Morgan fingerprint density at radius 2 is 2.05 bits per heavy atom. The quantitative estimate of drug-likeness (QED) is 0.722. The molecular weight excluding hydrogens is 262 g/mol. The molecular formula is C17H33N3O. The zero-order valence-corrected chi connectivity index (χ0v) is 14.0. The van der Waals surface area contributed by atoms with Gasteiger partial charge in [-0.1, -0.05) is 19.8 Å². The lowest BCUT2D eigenvalue weighted by Crippen LogP contribution is -2.66. The van der Waals surface area contributed by atoms with E-state index < -0.39 is 5.54 Å². The predicted octanol–water partition coefficient (Wildman–Crippen LogP) is 2.27. The lowest BCUT2D eigenvalue weighted by molar-refractivity contribution is -0.127. The highest BCUT2D eigenvalue weighted by atomic mass is 16.1. The number of nitrogens with one attached hydrogen (secondary N) is 1. The SMILES string of the molecule is CCCC1CCCCN1CC(NC(C)C)(C(N)=O)C1CC1. The fraction of sp³-hybridized carbons (Fsp3) is 0.941. The summed E-state index contributed by atoms with van der Waals surface area (Å²) in [6.07, 6.45) is 8.57. The van der Waals surface area contributed by atoms with Crippen molar-refractivity contribution in [3.63, 3.8) is 0 Å². The van der Waals surface area contributed by atoms with Crippen molar-refractivity contribution < 1.29 is 4.79 Å². The molecule has 2 fully saturated rings. The molecule has 0 spiro atoms. The Bertz CT molecular complexity index is 352. The number of likely N-dealkylation sites (tertiary alicyclic amines) is 1. The Labute approximate surface area is 129 Å². The topological polar surface area (TPSA) is 58.4 Å². The first-order chi connectivity index (χ1) is 9.99. The van der Waals surface area contributed by atoms with Gasteiger partial charge in [-0.2, -0.15) is 0 Å². The van der Waals surface area contributed by atoms with Crippen molar-refractivity contribution in [2.24, 2.45) is 11.7 Å². The molecule has 4 heteroatoms. The lowest BCUT2D eigenvalue weighted by atomic mass is 9.87. The van der Waals surface area contributed by atoms with Crippen LogP contribution in [0.3, 0.4) is 0 Å². The van der Waals surface area contributed by atoms with E-state index in [2.05, 4.69) is 31.0 Å². The van der Waals surface area contributed by atoms with Gasteiger partial charge in [-0.15, -0.1) is 0 Å². The van der Waals surface area contributed by atoms with Crippen molar-refractivity contribution in [2.75, 3.05) is 13.1 Å². The number of nitrogens with two attached hydrogens (primary N) is 1. The van der Waals surface area contributed by atoms with Crippen LogP contribution in [-0.4, -0.2) is 41.5 Å². The summed E-state index contributed by atoms with van der Waals surface area (Å²) in [6, 6.07) is 0.919. The summed E-state index contributed by atoms with van der Waals surface area (Å²) in [5.74, 6) is 0.279. The highest BCUT2D eigenvalue weighted by molar-refractivity contribution is 5.86. The molecule has 122 valence electrons. The van der Waals surface area contributed by atoms with Gasteiger partial charge in [0.15, 0.2) is 0 Å². The Morgan fingerprint density at radius 3 is 2.57 bits per heavy atom. The van der Waals surface area contributed by atoms with Crippen LogP contribution in [0.25, 0.3) is 0 Å². The maximum absolute atomic E-state index is 12.3. The first-order valence-electron chi connectivity index (χ1n) is 8.81. The van der Waals surface area contributed by atoms with E-state index in [1.165, 1.54) is 32.1 Å². The molecule has 4 nitrogen and oxygen atoms in total. The van der Waals surface area contributed by atoms with Crippen molar-refractivity contribution in [1.82, 2.24) is 10.2 Å². The first-order valence-corrected chi connectivity index (χ1v) is 8.81. The predicted molar refractivity (Wildman–Crippen MR) is 87.0 cm³/mol. The fourth-order valence-electron chi connectivity index (χ4n) is 3.98. The van der Waals surface area contributed by atoms with Crippen LogP contribution in [0.1, 0.15) is 65.7 Å². The second-order valence-corrected chi connectivity index (χ2v) is 7.32. The maximum Gasteiger partial charge on any atom is 0.239 e. The Morgan fingerprint density at radius 1 is 1.33 bits per heavy atom. The molecule has 1 heterocycles. The minimum absolute atomic E-state index is 0.153. The van der Waals surface area contributed by atoms with E-state index in [-0.39, 0.29) is 11.9 Å². The van der Waals surface area contributed by atoms with Crippen molar-refractivity contribution in [2.45, 2.75) is 83.3 Å². The van der Waals surface area contributed by atoms with Crippen LogP contribution < -0.4 is 11.1 Å². The summed E-state index contributed by atoms with van der Waals surface area (Å²) in [4.78, 5) is 14.9. The maximum atomic E-state index is 12.3. The second-order valence-electron chi connectivity index (χ2n) is 7.32. The average Bonchev–Trinajstić information content (AvgIpc) is 3.24. The smallest absolute Gasteiger partial charge is 0.239 e. The average molecular weight is 295 g/mol. The van der Waals surface area contributed by atoms with Crippen LogP contribution in [-0.2, 0) is 4.79 Å². The fourth-order valence-corrected chi connectivity index (χ4v) is 3.98. The standard InChI is InChI=1S/C17H33N3O/c1-4-7-15-8-5-6-11-20(15)12-17(16(18)21,14-9-10-14)19-13(2)3/h13-15,19H,4-12H2,1-3H3,(H2,18,21). The van der Waals surface area contributed by atoms with E-state index in [1.54, 1.807) is 0 Å². The van der Waals surface area contributed by atoms with Crippen LogP contribution >= 0.6 is 0 Å². The Hall–Kier alpha value is -0.610. The summed E-state index contributed by atoms with van der Waals surface area (Å²) < 4.78 is 0. The molecule has 0 radical (unpaired) electrons. The molecule has 2 aliphatic rings. The zero-order chi connectivity index (χ0) is 15.5. The number of carbonyl (C=O) groups is 1. The van der Waals surface area contributed by atoms with Crippen LogP contribution in [0.4, 0.5) is 0 Å². The third-order valence-electron chi connectivity index (χ3n) is 5.08. The third kappa shape index (κ3) is 3.98. The van der Waals surface area contributed by atoms with E-state index in [1.807, 2.05) is 0 Å². The third-order valence-corrected chi connectivity index (χ3v) is 5.08. The number of nitrogens with zero attached hydrogens (tertiary/aromatic N) is 1. The molecule has 1 saturated heterocycles. The van der Waals surface area contributed by atoms with Gasteiger partial charge in [-0.3, -0.25) is 15.0 Å². The molecule has 0 aromatic carbocycles. The van der Waals surface area contributed by atoms with Gasteiger partial charge < -0.3 is 5.73 Å². The summed E-state index contributed by atoms with van der Waals surface area (Å²) in [5, 5.41) is 3.55. The molecule has 0 bridgehead atoms. The molecule has 0 aromatic heterocycles. The van der Waals surface area contributed by atoms with Crippen molar-refractivity contribution in [3.05, 3.63) is 0 Å². The summed E-state index contributed by atoms with van der Waals surface area (Å²) in [5.41, 5.74) is 5.35. The second kappa shape index (κ2) is 7.10. The largest absolute Gasteiger partial charge is 0.368 e. The van der Waals surface area contributed by atoms with Crippen molar-refractivity contribution >= 4 is 5.91 Å². The van der Waals surface area contributed by atoms with Gasteiger partial charge in [0.1, 0.15) is 5.54 Å². The van der Waals surface area contributed by atoms with Crippen LogP contribution in [0.5, 0.6) is 0 Å². The number of rotatable bonds is 8. The molecule has 0 aromatic rings. The first kappa shape index (κ1) is 16.8. The highest BCUT2D eigenvalue weighted by Crippen LogP contribution is 2.41. The summed E-state index contributed by atoms with van der Waals surface area (Å²) >= 11 is 0. The minimum atomic E-state index is -0.516. The van der Waals surface area contributed by atoms with Gasteiger partial charge in [0, 0.05) is 18.6 Å². The number of primary amides is 1. The number of hydrogen-bond donors (Lipinski definition) is 2. The van der Waals surface area contributed by atoms with Gasteiger partial charge in [0.05, 0.1) is 0 Å². The van der Waals surface area contributed by atoms with Crippen LogP contribution in [0.2, 0.25) is 0 Å². The number of carbonyl (C=O) groups excluding carboxylic acids is 1. The van der Waals surface area contributed by atoms with E-state index in [0.29, 0.717) is 12.0 Å². The highest BCUT2D eigenvalue weighted by Gasteiger charge is 2.51. The molecule has 1 saturated carbocycles. The molecule has 3 N–H and O–H groups in total. The van der Waals surface area contributed by atoms with Crippen molar-refractivity contribution in [3.8, 4) is 0 Å². The van der Waals surface area contributed by atoms with E-state index in [0.717, 1.165) is 25.9 Å². The van der Waals surface area contributed by atoms with E-state index in [4.69, 9.17) is 5.73 Å². The van der Waals surface area contributed by atoms with Crippen LogP contribution in [0.15, 0.2) is 0 Å². The van der Waals surface area contributed by atoms with E-state index in [9.17, 15) is 4.79 Å². The minimum Gasteiger partial charge on any atom is -0.368 e. The lowest BCUT2D eigenvalue weighted by Gasteiger charge is -2.43. The van der Waals surface area contributed by atoms with Crippen LogP contribution in [0, 0.1) is 5.92 Å². The monoisotopic (exact) mass is 295 g/mol. The molecule has 2 unspecified atom stereocenters. The Balaban J connectivity index is 2.14. The Kier molecular flexibility index (Phi) is 5.67. The zero-order valence-electron chi connectivity index (χ0n) is 14.0. The van der Waals surface area contributed by atoms with Gasteiger partial charge in [-0.05, 0) is 58.4 Å². The molecule has 2 rings (SSSR count). The number of piperidine rings is 1. The summed E-state index contributed by atoms with van der Waals surface area (Å²) in [7, 11) is 0. The van der Waals surface area contributed by atoms with Gasteiger partial charge in [0.25, 0.3) is 0 Å². The summed E-state index contributed by atoms with van der Waals surface area (Å²) in [6.45, 7) is 8.39. The molecule has 2 atom stereocenters. The van der Waals surface area contributed by atoms with E-state index >= 15 is 0 Å². The van der Waals surface area contributed by atoms with Gasteiger partial charge in [0.2, 0.25) is 5.91 Å². The molecule has 21 heavy (non-hydrogen) atoms. The normalized spacial score (nSPS) is 26.8.